The summed E-state index contributed by atoms with van der Waals surface area (Å²) in [6.07, 6.45) is 0. The highest BCUT2D eigenvalue weighted by Gasteiger charge is 2.38. The standard InChI is InChI=1S/C12H8Cl4F2N3O2P3/c13-24(14)19-25(15,16)21-26(20-24,22-11-5-1-9(17)2-6-11)23-12-7-3-10(18)4-8-12/h1-8H. The van der Waals surface area contributed by atoms with Crippen LogP contribution in [0.25, 0.3) is 0 Å². The summed E-state index contributed by atoms with van der Waals surface area (Å²) in [5.74, 6) is -7.25. The molecule has 0 spiro atoms. The van der Waals surface area contributed by atoms with E-state index in [1.54, 1.807) is 0 Å². The maximum Gasteiger partial charge on any atom is 0.453 e. The molecule has 3 rings (SSSR count). The Morgan fingerprint density at radius 3 is 1.38 bits per heavy atom. The van der Waals surface area contributed by atoms with Gasteiger partial charge < -0.3 is 9.05 Å². The van der Waals surface area contributed by atoms with Crippen LogP contribution in [-0.2, 0) is 0 Å². The molecule has 140 valence electrons. The SMILES string of the molecule is Fc1ccc(OP2(Oc3ccc(F)cc3)=NP(Cl)(Cl)=NP(Cl)(Cl)=N2)cc1. The van der Waals surface area contributed by atoms with Crippen molar-refractivity contribution in [3.63, 3.8) is 0 Å². The first kappa shape index (κ1) is 20.5. The third-order valence-electron chi connectivity index (χ3n) is 2.73. The van der Waals surface area contributed by atoms with Crippen LogP contribution in [0.3, 0.4) is 0 Å². The molecule has 5 nitrogen and oxygen atoms in total. The Kier molecular flexibility index (Phi) is 6.02. The second-order valence-corrected chi connectivity index (χ2v) is 16.8. The molecule has 2 aromatic rings. The fourth-order valence-electron chi connectivity index (χ4n) is 1.81. The molecule has 0 saturated carbocycles. The summed E-state index contributed by atoms with van der Waals surface area (Å²) < 4.78 is 49.9. The van der Waals surface area contributed by atoms with E-state index in [4.69, 9.17) is 54.0 Å². The predicted octanol–water partition coefficient (Wildman–Crippen LogP) is 9.23. The average Bonchev–Trinajstić information content (AvgIpc) is 2.49. The van der Waals surface area contributed by atoms with Crippen LogP contribution < -0.4 is 9.05 Å². The molecule has 0 aromatic heterocycles. The average molecular weight is 499 g/mol. The lowest BCUT2D eigenvalue weighted by Gasteiger charge is -2.26. The molecule has 0 saturated heterocycles. The van der Waals surface area contributed by atoms with Gasteiger partial charge in [0.25, 0.3) is 11.8 Å². The minimum Gasteiger partial charge on any atom is -0.414 e. The zero-order valence-electron chi connectivity index (χ0n) is 12.4. The summed E-state index contributed by atoms with van der Waals surface area (Å²) in [6.45, 7) is 0. The van der Waals surface area contributed by atoms with Crippen LogP contribution >= 0.6 is 64.4 Å². The lowest BCUT2D eigenvalue weighted by atomic mass is 10.3. The van der Waals surface area contributed by atoms with Gasteiger partial charge in [0.15, 0.2) is 0 Å². The van der Waals surface area contributed by atoms with Crippen molar-refractivity contribution in [3.8, 4) is 11.5 Å². The topological polar surface area (TPSA) is 55.5 Å². The van der Waals surface area contributed by atoms with Crippen molar-refractivity contribution < 1.29 is 17.8 Å². The minimum absolute atomic E-state index is 0.179. The highest BCUT2D eigenvalue weighted by Crippen LogP contribution is 2.85. The lowest BCUT2D eigenvalue weighted by Crippen LogP contribution is -2.00. The summed E-state index contributed by atoms with van der Waals surface area (Å²) >= 11 is 24.5. The summed E-state index contributed by atoms with van der Waals surface area (Å²) in [5.41, 5.74) is 0. The monoisotopic (exact) mass is 497 g/mol. The molecular formula is C12H8Cl4F2N3O2P3. The van der Waals surface area contributed by atoms with E-state index in [2.05, 4.69) is 13.5 Å². The van der Waals surface area contributed by atoms with E-state index < -0.39 is 31.1 Å². The van der Waals surface area contributed by atoms with Gasteiger partial charge in [-0.1, -0.05) is 0 Å². The smallest absolute Gasteiger partial charge is 0.414 e. The van der Waals surface area contributed by atoms with Crippen molar-refractivity contribution in [1.29, 1.82) is 0 Å². The summed E-state index contributed by atoms with van der Waals surface area (Å²) in [4.78, 5) is 0. The van der Waals surface area contributed by atoms with Crippen LogP contribution in [0.1, 0.15) is 0 Å². The molecule has 0 bridgehead atoms. The number of hydrogen-bond acceptors (Lipinski definition) is 5. The second kappa shape index (κ2) is 7.64. The Morgan fingerprint density at radius 1 is 0.615 bits per heavy atom. The van der Waals surface area contributed by atoms with Crippen molar-refractivity contribution in [3.05, 3.63) is 60.2 Å². The number of benzene rings is 2. The van der Waals surface area contributed by atoms with Crippen LogP contribution in [-0.4, -0.2) is 0 Å². The van der Waals surface area contributed by atoms with Crippen LogP contribution in [0.4, 0.5) is 8.78 Å². The maximum absolute atomic E-state index is 13.1. The van der Waals surface area contributed by atoms with Gasteiger partial charge in [0.2, 0.25) is 0 Å². The molecule has 14 heteroatoms. The molecule has 0 fully saturated rings. The van der Waals surface area contributed by atoms with Gasteiger partial charge in [0, 0.05) is 0 Å². The first-order chi connectivity index (χ1) is 12.1. The van der Waals surface area contributed by atoms with Gasteiger partial charge in [-0.25, -0.2) is 8.78 Å². The molecule has 0 N–H and O–H groups in total. The molecule has 1 aliphatic heterocycles. The van der Waals surface area contributed by atoms with E-state index in [-0.39, 0.29) is 11.5 Å². The third-order valence-corrected chi connectivity index (χ3v) is 13.7. The number of rotatable bonds is 4. The highest BCUT2D eigenvalue weighted by atomic mass is 35.9. The summed E-state index contributed by atoms with van der Waals surface area (Å²) in [7, 11) is -3.63. The fourth-order valence-corrected chi connectivity index (χ4v) is 15.7. The zero-order valence-corrected chi connectivity index (χ0v) is 18.1. The molecule has 0 aliphatic carbocycles. The molecule has 0 unspecified atom stereocenters. The van der Waals surface area contributed by atoms with Gasteiger partial charge in [-0.05, 0) is 93.5 Å². The van der Waals surface area contributed by atoms with E-state index in [0.29, 0.717) is 0 Å². The lowest BCUT2D eigenvalue weighted by molar-refractivity contribution is 0.476. The van der Waals surface area contributed by atoms with Crippen molar-refractivity contribution >= 4 is 64.4 Å². The Labute approximate surface area is 167 Å². The second-order valence-electron chi connectivity index (χ2n) is 4.76. The highest BCUT2D eigenvalue weighted by molar-refractivity contribution is 8.20. The molecular weight excluding hydrogens is 491 g/mol. The molecule has 1 heterocycles. The number of hydrogen-bond donors (Lipinski definition) is 0. The third kappa shape index (κ3) is 5.39. The number of halogens is 6. The van der Waals surface area contributed by atoms with Gasteiger partial charge in [-0.15, -0.1) is 9.03 Å². The van der Waals surface area contributed by atoms with Crippen LogP contribution in [0, 0.1) is 11.6 Å². The first-order valence-corrected chi connectivity index (χ1v) is 15.2. The van der Waals surface area contributed by atoms with E-state index in [1.165, 1.54) is 48.5 Å². The van der Waals surface area contributed by atoms with Crippen molar-refractivity contribution in [2.45, 2.75) is 0 Å². The van der Waals surface area contributed by atoms with Gasteiger partial charge in [0.1, 0.15) is 23.1 Å². The Hall–Kier alpha value is -0.250. The zero-order chi connectivity index (χ0) is 19.0. The Balaban J connectivity index is 2.11. The largest absolute Gasteiger partial charge is 0.453 e. The molecule has 0 radical (unpaired) electrons. The normalized spacial score (nSPS) is 19.5. The Bertz CT molecular complexity index is 931. The summed E-state index contributed by atoms with van der Waals surface area (Å²) in [5, 5.41) is 0. The first-order valence-electron chi connectivity index (χ1n) is 6.67. The fraction of sp³-hybridized carbons (Fsp3) is 0. The summed E-state index contributed by atoms with van der Waals surface area (Å²) in [6, 6.07) is 10.1. The molecule has 1 aliphatic rings. The Morgan fingerprint density at radius 2 is 1.00 bits per heavy atom. The van der Waals surface area contributed by atoms with Crippen LogP contribution in [0.15, 0.2) is 62.1 Å². The van der Waals surface area contributed by atoms with Gasteiger partial charge >= 0.3 is 7.66 Å². The van der Waals surface area contributed by atoms with Crippen molar-refractivity contribution in [2.24, 2.45) is 13.5 Å². The van der Waals surface area contributed by atoms with E-state index >= 15 is 0 Å². The quantitative estimate of drug-likeness (QED) is 0.394. The van der Waals surface area contributed by atoms with Crippen molar-refractivity contribution in [2.75, 3.05) is 0 Å². The van der Waals surface area contributed by atoms with Gasteiger partial charge in [0.05, 0.1) is 0 Å². The molecule has 0 amide bonds. The predicted molar refractivity (Wildman–Crippen MR) is 106 cm³/mol. The maximum atomic E-state index is 13.1. The molecule has 26 heavy (non-hydrogen) atoms. The van der Waals surface area contributed by atoms with Gasteiger partial charge in [-0.2, -0.15) is 4.52 Å². The van der Waals surface area contributed by atoms with E-state index in [1.807, 2.05) is 0 Å². The molecule has 0 atom stereocenters. The van der Waals surface area contributed by atoms with Gasteiger partial charge in [-0.3, -0.25) is 0 Å². The van der Waals surface area contributed by atoms with Crippen molar-refractivity contribution in [1.82, 2.24) is 0 Å². The van der Waals surface area contributed by atoms with Crippen LogP contribution in [0.5, 0.6) is 11.5 Å². The van der Waals surface area contributed by atoms with E-state index in [0.717, 1.165) is 0 Å². The van der Waals surface area contributed by atoms with Crippen LogP contribution in [0.2, 0.25) is 0 Å². The van der Waals surface area contributed by atoms with E-state index in [9.17, 15) is 8.78 Å². The minimum atomic E-state index is -3.63. The number of nitrogens with zero attached hydrogens (tertiary/aromatic N) is 3. The molecule has 2 aromatic carbocycles.